The monoisotopic (exact) mass is 360 g/mol. The number of hydrogen-bond acceptors (Lipinski definition) is 4. The quantitative estimate of drug-likeness (QED) is 0.894. The Bertz CT molecular complexity index is 670. The zero-order valence-corrected chi connectivity index (χ0v) is 14.8. The average molecular weight is 361 g/mol. The van der Waals surface area contributed by atoms with Crippen LogP contribution in [0.2, 0.25) is 5.02 Å². The lowest BCUT2D eigenvalue weighted by Crippen LogP contribution is -2.41. The summed E-state index contributed by atoms with van der Waals surface area (Å²) in [6, 6.07) is 4.69. The van der Waals surface area contributed by atoms with Gasteiger partial charge in [0.05, 0.1) is 12.0 Å². The van der Waals surface area contributed by atoms with Crippen molar-refractivity contribution in [3.63, 3.8) is 0 Å². The van der Waals surface area contributed by atoms with Crippen molar-refractivity contribution in [2.24, 2.45) is 5.92 Å². The smallest absolute Gasteiger partial charge is 0.409 e. The molecule has 2 rings (SSSR count). The van der Waals surface area contributed by atoms with Crippen LogP contribution in [-0.4, -0.2) is 46.2 Å². The van der Waals surface area contributed by atoms with Gasteiger partial charge in [0.2, 0.25) is 10.0 Å². The van der Waals surface area contributed by atoms with Crippen molar-refractivity contribution >= 4 is 27.7 Å². The Hall–Kier alpha value is -1.31. The van der Waals surface area contributed by atoms with E-state index in [0.717, 1.165) is 18.4 Å². The first-order chi connectivity index (χ1) is 10.8. The summed E-state index contributed by atoms with van der Waals surface area (Å²) >= 11 is 5.99. The molecule has 0 saturated carbocycles. The summed E-state index contributed by atoms with van der Waals surface area (Å²) < 4.78 is 31.9. The molecule has 128 valence electrons. The van der Waals surface area contributed by atoms with Crippen molar-refractivity contribution in [2.45, 2.75) is 24.7 Å². The van der Waals surface area contributed by atoms with E-state index < -0.39 is 10.0 Å². The number of carbonyl (C=O) groups is 1. The summed E-state index contributed by atoms with van der Waals surface area (Å²) in [6.07, 6.45) is 1.15. The van der Waals surface area contributed by atoms with Crippen LogP contribution in [0.1, 0.15) is 18.4 Å². The Morgan fingerprint density at radius 2 is 2.04 bits per heavy atom. The minimum Gasteiger partial charge on any atom is -0.453 e. The van der Waals surface area contributed by atoms with Crippen molar-refractivity contribution in [1.82, 2.24) is 9.62 Å². The molecule has 0 atom stereocenters. The van der Waals surface area contributed by atoms with E-state index in [9.17, 15) is 13.2 Å². The molecule has 0 spiro atoms. The molecule has 0 aromatic heterocycles. The number of hydrogen-bond donors (Lipinski definition) is 1. The number of sulfonamides is 1. The summed E-state index contributed by atoms with van der Waals surface area (Å²) in [4.78, 5) is 13.2. The van der Waals surface area contributed by atoms with Crippen LogP contribution in [0.15, 0.2) is 23.1 Å². The third-order valence-corrected chi connectivity index (χ3v) is 5.89. The summed E-state index contributed by atoms with van der Waals surface area (Å²) in [5.74, 6) is 0.201. The van der Waals surface area contributed by atoms with Gasteiger partial charge in [0.25, 0.3) is 0 Å². The summed E-state index contributed by atoms with van der Waals surface area (Å²) in [5.41, 5.74) is 0.834. The molecule has 0 aliphatic carbocycles. The summed E-state index contributed by atoms with van der Waals surface area (Å²) in [7, 11) is -2.22. The SMILES string of the molecule is COC(=O)N1CCC(CNS(=O)(=O)c2ccc(C)c(Cl)c2)CC1. The lowest BCUT2D eigenvalue weighted by Gasteiger charge is -2.30. The minimum absolute atomic E-state index is 0.167. The minimum atomic E-state index is -3.57. The molecule has 1 aliphatic heterocycles. The highest BCUT2D eigenvalue weighted by Gasteiger charge is 2.24. The zero-order valence-electron chi connectivity index (χ0n) is 13.2. The van der Waals surface area contributed by atoms with E-state index in [1.54, 1.807) is 17.0 Å². The van der Waals surface area contributed by atoms with Crippen LogP contribution >= 0.6 is 11.6 Å². The van der Waals surface area contributed by atoms with Gasteiger partial charge in [-0.15, -0.1) is 0 Å². The van der Waals surface area contributed by atoms with Gasteiger partial charge in [-0.2, -0.15) is 0 Å². The molecular formula is C15H21ClN2O4S. The Balaban J connectivity index is 1.90. The number of amides is 1. The third kappa shape index (κ3) is 4.59. The zero-order chi connectivity index (χ0) is 17.0. The van der Waals surface area contributed by atoms with E-state index in [1.165, 1.54) is 13.2 Å². The van der Waals surface area contributed by atoms with Gasteiger partial charge in [0.15, 0.2) is 0 Å². The maximum atomic E-state index is 12.3. The fraction of sp³-hybridized carbons (Fsp3) is 0.533. The van der Waals surface area contributed by atoms with Gasteiger partial charge in [-0.25, -0.2) is 17.9 Å². The average Bonchev–Trinajstić information content (AvgIpc) is 2.55. The standard InChI is InChI=1S/C15H21ClN2O4S/c1-11-3-4-13(9-14(11)16)23(20,21)17-10-12-5-7-18(8-6-12)15(19)22-2/h3-4,9,12,17H,5-8,10H2,1-2H3. The molecule has 6 nitrogen and oxygen atoms in total. The van der Waals surface area contributed by atoms with E-state index in [-0.39, 0.29) is 16.9 Å². The van der Waals surface area contributed by atoms with Gasteiger partial charge in [-0.3, -0.25) is 0 Å². The van der Waals surface area contributed by atoms with E-state index in [2.05, 4.69) is 9.46 Å². The van der Waals surface area contributed by atoms with Crippen LogP contribution in [0.25, 0.3) is 0 Å². The fourth-order valence-corrected chi connectivity index (χ4v) is 3.89. The van der Waals surface area contributed by atoms with E-state index in [4.69, 9.17) is 11.6 Å². The number of methoxy groups -OCH3 is 1. The van der Waals surface area contributed by atoms with Crippen molar-refractivity contribution in [2.75, 3.05) is 26.7 Å². The van der Waals surface area contributed by atoms with Gasteiger partial charge < -0.3 is 9.64 Å². The second-order valence-electron chi connectivity index (χ2n) is 5.66. The number of aryl methyl sites for hydroxylation is 1. The highest BCUT2D eigenvalue weighted by atomic mass is 35.5. The van der Waals surface area contributed by atoms with Gasteiger partial charge in [0.1, 0.15) is 0 Å². The second kappa shape index (κ2) is 7.51. The Labute approximate surface area is 141 Å². The summed E-state index contributed by atoms with van der Waals surface area (Å²) in [6.45, 7) is 3.33. The topological polar surface area (TPSA) is 75.7 Å². The molecule has 1 aromatic carbocycles. The molecule has 8 heteroatoms. The number of nitrogens with zero attached hydrogens (tertiary/aromatic N) is 1. The first kappa shape index (κ1) is 18.0. The molecule has 1 saturated heterocycles. The number of ether oxygens (including phenoxy) is 1. The van der Waals surface area contributed by atoms with Crippen molar-refractivity contribution in [1.29, 1.82) is 0 Å². The third-order valence-electron chi connectivity index (χ3n) is 4.06. The van der Waals surface area contributed by atoms with E-state index in [0.29, 0.717) is 24.7 Å². The second-order valence-corrected chi connectivity index (χ2v) is 7.84. The van der Waals surface area contributed by atoms with Crippen LogP contribution in [0.5, 0.6) is 0 Å². The number of benzene rings is 1. The molecule has 1 amide bonds. The maximum Gasteiger partial charge on any atom is 0.409 e. The van der Waals surface area contributed by atoms with Crippen LogP contribution in [0, 0.1) is 12.8 Å². The number of rotatable bonds is 4. The lowest BCUT2D eigenvalue weighted by molar-refractivity contribution is 0.106. The predicted octanol–water partition coefficient (Wildman–Crippen LogP) is 2.41. The first-order valence-electron chi connectivity index (χ1n) is 7.42. The normalized spacial score (nSPS) is 16.4. The van der Waals surface area contributed by atoms with E-state index in [1.807, 2.05) is 6.92 Å². The lowest BCUT2D eigenvalue weighted by atomic mass is 9.97. The molecule has 1 fully saturated rings. The van der Waals surface area contributed by atoms with Gasteiger partial charge in [0, 0.05) is 24.7 Å². The van der Waals surface area contributed by atoms with Gasteiger partial charge >= 0.3 is 6.09 Å². The van der Waals surface area contributed by atoms with Gasteiger partial charge in [-0.05, 0) is 43.4 Å². The Morgan fingerprint density at radius 3 is 2.61 bits per heavy atom. The van der Waals surface area contributed by atoms with Crippen LogP contribution in [0.3, 0.4) is 0 Å². The number of halogens is 1. The predicted molar refractivity (Wildman–Crippen MR) is 88.1 cm³/mol. The molecule has 0 bridgehead atoms. The number of carbonyl (C=O) groups excluding carboxylic acids is 1. The van der Waals surface area contributed by atoms with Crippen molar-refractivity contribution < 1.29 is 17.9 Å². The highest BCUT2D eigenvalue weighted by Crippen LogP contribution is 2.21. The molecule has 23 heavy (non-hydrogen) atoms. The fourth-order valence-electron chi connectivity index (χ4n) is 2.50. The molecule has 1 aromatic rings. The van der Waals surface area contributed by atoms with Crippen LogP contribution in [0.4, 0.5) is 4.79 Å². The molecule has 0 unspecified atom stereocenters. The first-order valence-corrected chi connectivity index (χ1v) is 9.28. The highest BCUT2D eigenvalue weighted by molar-refractivity contribution is 7.89. The molecule has 1 aliphatic rings. The van der Waals surface area contributed by atoms with Crippen molar-refractivity contribution in [3.8, 4) is 0 Å². The van der Waals surface area contributed by atoms with Crippen LogP contribution in [-0.2, 0) is 14.8 Å². The Kier molecular flexibility index (Phi) is 5.89. The molecular weight excluding hydrogens is 340 g/mol. The molecule has 1 N–H and O–H groups in total. The number of piperidine rings is 1. The maximum absolute atomic E-state index is 12.3. The molecule has 0 radical (unpaired) electrons. The van der Waals surface area contributed by atoms with Crippen LogP contribution < -0.4 is 4.72 Å². The molecule has 1 heterocycles. The number of likely N-dealkylation sites (tertiary alicyclic amines) is 1. The largest absolute Gasteiger partial charge is 0.453 e. The summed E-state index contributed by atoms with van der Waals surface area (Å²) in [5, 5.41) is 0.430. The Morgan fingerprint density at radius 1 is 1.39 bits per heavy atom. The van der Waals surface area contributed by atoms with Gasteiger partial charge in [-0.1, -0.05) is 17.7 Å². The van der Waals surface area contributed by atoms with Crippen molar-refractivity contribution in [3.05, 3.63) is 28.8 Å². The van der Waals surface area contributed by atoms with E-state index >= 15 is 0 Å². The number of nitrogens with one attached hydrogen (secondary N) is 1.